The summed E-state index contributed by atoms with van der Waals surface area (Å²) in [7, 11) is 0. The van der Waals surface area contributed by atoms with Gasteiger partial charge in [0.15, 0.2) is 17.5 Å². The smallest absolute Gasteiger partial charge is 0.187 e. The fourth-order valence-electron chi connectivity index (χ4n) is 1.36. The molecule has 0 unspecified atom stereocenters. The molecular formula is C7H8O4. The van der Waals surface area contributed by atoms with Crippen molar-refractivity contribution in [1.82, 2.24) is 0 Å². The quantitative estimate of drug-likeness (QED) is 0.459. The van der Waals surface area contributed by atoms with Gasteiger partial charge in [-0.1, -0.05) is 0 Å². The van der Waals surface area contributed by atoms with Crippen LogP contribution in [-0.2, 0) is 9.53 Å². The third-order valence-corrected chi connectivity index (χ3v) is 2.17. The molecule has 4 nitrogen and oxygen atoms in total. The van der Waals surface area contributed by atoms with Gasteiger partial charge in [0.1, 0.15) is 6.10 Å². The normalized spacial score (nSPS) is 47.3. The molecule has 1 aliphatic carbocycles. The molecule has 0 radical (unpaired) electrons. The fraction of sp³-hybridized carbons (Fsp3) is 0.571. The summed E-state index contributed by atoms with van der Waals surface area (Å²) >= 11 is 0. The van der Waals surface area contributed by atoms with Crippen molar-refractivity contribution in [3.05, 3.63) is 12.2 Å². The number of carbonyl (C=O) groups is 1. The lowest BCUT2D eigenvalue weighted by atomic mass is 9.91. The predicted octanol–water partition coefficient (Wildman–Crippen LogP) is -1.38. The second-order valence-corrected chi connectivity index (χ2v) is 2.82. The Kier molecular flexibility index (Phi) is 1.21. The Morgan fingerprint density at radius 2 is 2.45 bits per heavy atom. The Morgan fingerprint density at radius 3 is 3.00 bits per heavy atom. The third-order valence-electron chi connectivity index (χ3n) is 2.17. The molecule has 1 saturated heterocycles. The van der Waals surface area contributed by atoms with Gasteiger partial charge in [-0.25, -0.2) is 0 Å². The molecule has 11 heavy (non-hydrogen) atoms. The highest BCUT2D eigenvalue weighted by Gasteiger charge is 2.65. The van der Waals surface area contributed by atoms with Crippen LogP contribution in [-0.4, -0.2) is 40.4 Å². The molecule has 2 N–H and O–H groups in total. The predicted molar refractivity (Wildman–Crippen MR) is 34.8 cm³/mol. The number of rotatable bonds is 1. The summed E-state index contributed by atoms with van der Waals surface area (Å²) < 4.78 is 4.93. The van der Waals surface area contributed by atoms with Gasteiger partial charge in [-0.15, -0.1) is 0 Å². The lowest BCUT2D eigenvalue weighted by molar-refractivity contribution is -0.116. The Balaban J connectivity index is 2.29. The lowest BCUT2D eigenvalue weighted by Crippen LogP contribution is -2.39. The molecule has 0 aromatic carbocycles. The SMILES string of the molecule is O=C1C=C[C@H](O)[C@@]2(CO)O[C@@H]12. The molecule has 0 aromatic heterocycles. The molecule has 0 bridgehead atoms. The van der Waals surface area contributed by atoms with Crippen LogP contribution in [0.25, 0.3) is 0 Å². The molecule has 0 spiro atoms. The number of ketones is 1. The second-order valence-electron chi connectivity index (χ2n) is 2.82. The molecule has 60 valence electrons. The highest BCUT2D eigenvalue weighted by Crippen LogP contribution is 2.43. The van der Waals surface area contributed by atoms with Gasteiger partial charge in [-0.3, -0.25) is 4.79 Å². The monoisotopic (exact) mass is 156 g/mol. The largest absolute Gasteiger partial charge is 0.393 e. The molecule has 0 aromatic rings. The Hall–Kier alpha value is -0.710. The van der Waals surface area contributed by atoms with E-state index in [1.807, 2.05) is 0 Å². The van der Waals surface area contributed by atoms with Crippen molar-refractivity contribution in [3.8, 4) is 0 Å². The van der Waals surface area contributed by atoms with Crippen LogP contribution in [0.15, 0.2) is 12.2 Å². The van der Waals surface area contributed by atoms with Gasteiger partial charge in [-0.2, -0.15) is 0 Å². The first kappa shape index (κ1) is 6.97. The lowest BCUT2D eigenvalue weighted by Gasteiger charge is -2.15. The average Bonchev–Trinajstić information content (AvgIpc) is 2.74. The van der Waals surface area contributed by atoms with Gasteiger partial charge in [0.05, 0.1) is 6.61 Å². The van der Waals surface area contributed by atoms with Gasteiger partial charge >= 0.3 is 0 Å². The fourth-order valence-corrected chi connectivity index (χ4v) is 1.36. The van der Waals surface area contributed by atoms with E-state index in [-0.39, 0.29) is 12.4 Å². The third kappa shape index (κ3) is 0.714. The van der Waals surface area contributed by atoms with E-state index in [1.165, 1.54) is 12.2 Å². The summed E-state index contributed by atoms with van der Waals surface area (Å²) in [5, 5.41) is 18.1. The van der Waals surface area contributed by atoms with Crippen molar-refractivity contribution in [1.29, 1.82) is 0 Å². The topological polar surface area (TPSA) is 70.1 Å². The minimum absolute atomic E-state index is 0.177. The maximum absolute atomic E-state index is 10.9. The Labute approximate surface area is 63.1 Å². The number of fused-ring (bicyclic) bond motifs is 1. The highest BCUT2D eigenvalue weighted by atomic mass is 16.6. The number of ether oxygens (including phenoxy) is 1. The molecule has 0 saturated carbocycles. The van der Waals surface area contributed by atoms with Crippen LogP contribution in [0.1, 0.15) is 0 Å². The van der Waals surface area contributed by atoms with Crippen molar-refractivity contribution in [2.45, 2.75) is 17.8 Å². The molecule has 2 aliphatic rings. The minimum Gasteiger partial charge on any atom is -0.393 e. The number of aliphatic hydroxyl groups is 2. The number of epoxide rings is 1. The maximum Gasteiger partial charge on any atom is 0.187 e. The summed E-state index contributed by atoms with van der Waals surface area (Å²) in [6, 6.07) is 0. The van der Waals surface area contributed by atoms with Crippen LogP contribution in [0.4, 0.5) is 0 Å². The van der Waals surface area contributed by atoms with Crippen molar-refractivity contribution >= 4 is 5.78 Å². The van der Waals surface area contributed by atoms with Crippen LogP contribution in [0, 0.1) is 0 Å². The summed E-state index contributed by atoms with van der Waals surface area (Å²) in [6.45, 7) is -0.311. The molecular weight excluding hydrogens is 148 g/mol. The molecule has 1 heterocycles. The zero-order valence-electron chi connectivity index (χ0n) is 5.73. The standard InChI is InChI=1S/C7H8O4/c8-3-7-5(10)2-1-4(9)6(7)11-7/h1-2,5-6,8,10H,3H2/t5-,6-,7+/m0/s1. The Morgan fingerprint density at radius 1 is 1.73 bits per heavy atom. The van der Waals surface area contributed by atoms with Crippen LogP contribution in [0.5, 0.6) is 0 Å². The number of aliphatic hydroxyl groups excluding tert-OH is 2. The van der Waals surface area contributed by atoms with E-state index in [0.29, 0.717) is 0 Å². The first-order valence-corrected chi connectivity index (χ1v) is 3.39. The number of hydrogen-bond acceptors (Lipinski definition) is 4. The van der Waals surface area contributed by atoms with Crippen LogP contribution in [0.2, 0.25) is 0 Å². The van der Waals surface area contributed by atoms with Gasteiger partial charge in [0.25, 0.3) is 0 Å². The van der Waals surface area contributed by atoms with E-state index in [0.717, 1.165) is 0 Å². The molecule has 4 heteroatoms. The van der Waals surface area contributed by atoms with E-state index in [2.05, 4.69) is 0 Å². The van der Waals surface area contributed by atoms with Gasteiger partial charge in [0.2, 0.25) is 0 Å². The van der Waals surface area contributed by atoms with E-state index in [9.17, 15) is 9.90 Å². The molecule has 1 aliphatic heterocycles. The number of hydrogen-bond donors (Lipinski definition) is 2. The minimum atomic E-state index is -1.01. The first-order valence-electron chi connectivity index (χ1n) is 3.39. The van der Waals surface area contributed by atoms with Crippen LogP contribution < -0.4 is 0 Å². The van der Waals surface area contributed by atoms with Crippen LogP contribution >= 0.6 is 0 Å². The summed E-state index contributed by atoms with van der Waals surface area (Å²) in [5.41, 5.74) is -1.01. The summed E-state index contributed by atoms with van der Waals surface area (Å²) in [4.78, 5) is 10.9. The van der Waals surface area contributed by atoms with Gasteiger partial charge in [-0.05, 0) is 12.2 Å². The average molecular weight is 156 g/mol. The summed E-state index contributed by atoms with van der Waals surface area (Å²) in [6.07, 6.45) is 1.17. The zero-order valence-corrected chi connectivity index (χ0v) is 5.73. The molecule has 3 atom stereocenters. The number of carbonyl (C=O) groups excluding carboxylic acids is 1. The second kappa shape index (κ2) is 1.91. The molecule has 2 rings (SSSR count). The Bertz CT molecular complexity index is 231. The van der Waals surface area contributed by atoms with E-state index >= 15 is 0 Å². The zero-order chi connectivity index (χ0) is 8.06. The van der Waals surface area contributed by atoms with Crippen molar-refractivity contribution in [2.24, 2.45) is 0 Å². The van der Waals surface area contributed by atoms with Crippen molar-refractivity contribution < 1.29 is 19.7 Å². The van der Waals surface area contributed by atoms with Crippen molar-refractivity contribution in [3.63, 3.8) is 0 Å². The maximum atomic E-state index is 10.9. The highest BCUT2D eigenvalue weighted by molar-refractivity contribution is 5.98. The van der Waals surface area contributed by atoms with E-state index in [4.69, 9.17) is 9.84 Å². The van der Waals surface area contributed by atoms with Gasteiger partial charge < -0.3 is 14.9 Å². The van der Waals surface area contributed by atoms with E-state index < -0.39 is 17.8 Å². The first-order chi connectivity index (χ1) is 5.20. The molecule has 1 fully saturated rings. The molecule has 0 amide bonds. The van der Waals surface area contributed by atoms with Gasteiger partial charge in [0, 0.05) is 0 Å². The van der Waals surface area contributed by atoms with Crippen molar-refractivity contribution in [2.75, 3.05) is 6.61 Å². The summed E-state index contributed by atoms with van der Waals surface area (Å²) in [5.74, 6) is -0.177. The van der Waals surface area contributed by atoms with Crippen LogP contribution in [0.3, 0.4) is 0 Å². The van der Waals surface area contributed by atoms with E-state index in [1.54, 1.807) is 0 Å².